The second kappa shape index (κ2) is 9.16. The summed E-state index contributed by atoms with van der Waals surface area (Å²) in [6.07, 6.45) is 0.636. The minimum atomic E-state index is -0.0588. The molecule has 3 aromatic rings. The maximum absolute atomic E-state index is 12.6. The van der Waals surface area contributed by atoms with Crippen LogP contribution in [-0.2, 0) is 18.7 Å². The summed E-state index contributed by atoms with van der Waals surface area (Å²) in [5.41, 5.74) is 0.711. The van der Waals surface area contributed by atoms with E-state index in [1.165, 1.54) is 4.88 Å². The number of thioether (sulfide) groups is 1. The van der Waals surface area contributed by atoms with E-state index >= 15 is 0 Å². The molecular formula is C18H20N4OS3. The molecule has 0 aliphatic rings. The molecule has 2 N–H and O–H groups in total. The summed E-state index contributed by atoms with van der Waals surface area (Å²) in [5.74, 6) is 1.67. The lowest BCUT2D eigenvalue weighted by Crippen LogP contribution is -2.27. The molecule has 0 radical (unpaired) electrons. The zero-order valence-corrected chi connectivity index (χ0v) is 16.8. The zero-order valence-electron chi connectivity index (χ0n) is 14.4. The van der Waals surface area contributed by atoms with E-state index in [0.717, 1.165) is 23.0 Å². The molecule has 2 aromatic heterocycles. The molecule has 5 nitrogen and oxygen atoms in total. The van der Waals surface area contributed by atoms with Crippen LogP contribution in [0.2, 0.25) is 0 Å². The lowest BCUT2D eigenvalue weighted by Gasteiger charge is -2.10. The highest BCUT2D eigenvalue weighted by atomic mass is 32.2. The van der Waals surface area contributed by atoms with Gasteiger partial charge in [-0.25, -0.2) is 0 Å². The number of carbonyl (C=O) groups is 1. The first-order valence-electron chi connectivity index (χ1n) is 8.35. The van der Waals surface area contributed by atoms with Crippen LogP contribution >= 0.6 is 35.3 Å². The van der Waals surface area contributed by atoms with E-state index < -0.39 is 0 Å². The van der Waals surface area contributed by atoms with Crippen molar-refractivity contribution in [1.82, 2.24) is 20.1 Å². The van der Waals surface area contributed by atoms with E-state index in [4.69, 9.17) is 12.2 Å². The smallest absolute Gasteiger partial charge is 0.252 e. The van der Waals surface area contributed by atoms with Crippen LogP contribution in [0.4, 0.5) is 0 Å². The molecule has 8 heteroatoms. The van der Waals surface area contributed by atoms with Crippen molar-refractivity contribution >= 4 is 41.2 Å². The van der Waals surface area contributed by atoms with E-state index in [-0.39, 0.29) is 5.91 Å². The fourth-order valence-corrected chi connectivity index (χ4v) is 4.68. The first kappa shape index (κ1) is 18.9. The number of rotatable bonds is 8. The summed E-state index contributed by atoms with van der Waals surface area (Å²) in [6.45, 7) is 3.30. The Kier molecular flexibility index (Phi) is 6.65. The summed E-state index contributed by atoms with van der Waals surface area (Å²) in [5, 5.41) is 12.1. The largest absolute Gasteiger partial charge is 0.352 e. The van der Waals surface area contributed by atoms with Gasteiger partial charge >= 0.3 is 0 Å². The molecule has 1 aromatic carbocycles. The highest BCUT2D eigenvalue weighted by Crippen LogP contribution is 2.27. The molecular weight excluding hydrogens is 384 g/mol. The van der Waals surface area contributed by atoms with Gasteiger partial charge in [0.05, 0.1) is 5.56 Å². The molecule has 0 bridgehead atoms. The number of nitrogens with one attached hydrogen (secondary N) is 2. The quantitative estimate of drug-likeness (QED) is 0.434. The number of thiophene rings is 1. The maximum Gasteiger partial charge on any atom is 0.252 e. The van der Waals surface area contributed by atoms with Crippen LogP contribution in [-0.4, -0.2) is 27.2 Å². The monoisotopic (exact) mass is 404 g/mol. The number of nitrogens with zero attached hydrogens (tertiary/aromatic N) is 2. The Bertz CT molecular complexity index is 915. The number of aromatic amines is 1. The van der Waals surface area contributed by atoms with Crippen molar-refractivity contribution in [3.8, 4) is 0 Å². The Labute approximate surface area is 165 Å². The lowest BCUT2D eigenvalue weighted by atomic mass is 10.2. The lowest BCUT2D eigenvalue weighted by molar-refractivity contribution is 0.0951. The normalized spacial score (nSPS) is 10.8. The van der Waals surface area contributed by atoms with E-state index in [1.807, 2.05) is 41.8 Å². The second-order valence-electron chi connectivity index (χ2n) is 5.56. The molecule has 2 heterocycles. The predicted molar refractivity (Wildman–Crippen MR) is 109 cm³/mol. The van der Waals surface area contributed by atoms with Crippen molar-refractivity contribution < 1.29 is 4.79 Å². The standard InChI is InChI=1S/C18H20N4OS3/c1-2-22-16(20-21-18(22)24)9-10-19-17(23)14-7-3-4-8-15(14)26-12-13-6-5-11-25-13/h3-8,11H,2,9-10,12H2,1H3,(H,19,23)(H,21,24). The van der Waals surface area contributed by atoms with Crippen LogP contribution < -0.4 is 5.32 Å². The van der Waals surface area contributed by atoms with Crippen molar-refractivity contribution in [3.05, 3.63) is 62.8 Å². The van der Waals surface area contributed by atoms with Crippen molar-refractivity contribution in [1.29, 1.82) is 0 Å². The van der Waals surface area contributed by atoms with E-state index in [1.54, 1.807) is 23.1 Å². The number of carbonyl (C=O) groups excluding carboxylic acids is 1. The molecule has 26 heavy (non-hydrogen) atoms. The number of hydrogen-bond donors (Lipinski definition) is 2. The second-order valence-corrected chi connectivity index (χ2v) is 8.00. The van der Waals surface area contributed by atoms with Gasteiger partial charge in [0.15, 0.2) is 4.77 Å². The number of amides is 1. The first-order chi connectivity index (χ1) is 12.7. The van der Waals surface area contributed by atoms with Gasteiger partial charge in [0.2, 0.25) is 0 Å². The third-order valence-electron chi connectivity index (χ3n) is 3.87. The Hall–Kier alpha value is -1.90. The Balaban J connectivity index is 1.60. The summed E-state index contributed by atoms with van der Waals surface area (Å²) >= 11 is 8.60. The molecule has 0 aliphatic heterocycles. The first-order valence-corrected chi connectivity index (χ1v) is 10.6. The molecule has 136 valence electrons. The van der Waals surface area contributed by atoms with Gasteiger partial charge in [-0.3, -0.25) is 9.89 Å². The summed E-state index contributed by atoms with van der Waals surface area (Å²) in [4.78, 5) is 14.9. The van der Waals surface area contributed by atoms with Gasteiger partial charge in [-0.2, -0.15) is 5.10 Å². The van der Waals surface area contributed by atoms with Gasteiger partial charge in [0.25, 0.3) is 5.91 Å². The van der Waals surface area contributed by atoms with Crippen LogP contribution in [0, 0.1) is 4.77 Å². The molecule has 0 atom stereocenters. The number of aromatic nitrogens is 3. The molecule has 0 saturated heterocycles. The third-order valence-corrected chi connectivity index (χ3v) is 6.36. The molecule has 1 amide bonds. The van der Waals surface area contributed by atoms with E-state index in [2.05, 4.69) is 27.0 Å². The van der Waals surface area contributed by atoms with E-state index in [9.17, 15) is 4.79 Å². The zero-order chi connectivity index (χ0) is 18.4. The highest BCUT2D eigenvalue weighted by molar-refractivity contribution is 7.98. The summed E-state index contributed by atoms with van der Waals surface area (Å²) in [6, 6.07) is 11.9. The molecule has 0 unspecified atom stereocenters. The fourth-order valence-electron chi connectivity index (χ4n) is 2.57. The van der Waals surface area contributed by atoms with Crippen LogP contribution in [0.1, 0.15) is 28.0 Å². The Morgan fingerprint density at radius 1 is 1.35 bits per heavy atom. The summed E-state index contributed by atoms with van der Waals surface area (Å²) in [7, 11) is 0. The van der Waals surface area contributed by atoms with Crippen LogP contribution in [0.3, 0.4) is 0 Å². The van der Waals surface area contributed by atoms with Crippen molar-refractivity contribution in [2.24, 2.45) is 0 Å². The minimum absolute atomic E-state index is 0.0588. The van der Waals surface area contributed by atoms with E-state index in [0.29, 0.717) is 23.3 Å². The number of H-pyrrole nitrogens is 1. The van der Waals surface area contributed by atoms with Crippen LogP contribution in [0.15, 0.2) is 46.7 Å². The van der Waals surface area contributed by atoms with Gasteiger partial charge < -0.3 is 9.88 Å². The van der Waals surface area contributed by atoms with Gasteiger partial charge in [-0.05, 0) is 42.7 Å². The topological polar surface area (TPSA) is 62.7 Å². The SMILES string of the molecule is CCn1c(CCNC(=O)c2ccccc2SCc2cccs2)n[nH]c1=S. The molecule has 3 rings (SSSR count). The molecule has 0 aliphatic carbocycles. The third kappa shape index (κ3) is 4.63. The summed E-state index contributed by atoms with van der Waals surface area (Å²) < 4.78 is 2.55. The minimum Gasteiger partial charge on any atom is -0.352 e. The fraction of sp³-hybridized carbons (Fsp3) is 0.278. The van der Waals surface area contributed by atoms with Crippen molar-refractivity contribution in [2.75, 3.05) is 6.54 Å². The predicted octanol–water partition coefficient (Wildman–Crippen LogP) is 4.29. The van der Waals surface area contributed by atoms with Gasteiger partial charge in [0, 0.05) is 35.0 Å². The molecule has 0 spiro atoms. The Morgan fingerprint density at radius 3 is 2.96 bits per heavy atom. The van der Waals surface area contributed by atoms with Gasteiger partial charge in [0.1, 0.15) is 5.82 Å². The highest BCUT2D eigenvalue weighted by Gasteiger charge is 2.12. The van der Waals surface area contributed by atoms with Crippen LogP contribution in [0.25, 0.3) is 0 Å². The average molecular weight is 405 g/mol. The number of hydrogen-bond acceptors (Lipinski definition) is 5. The van der Waals surface area contributed by atoms with Gasteiger partial charge in [-0.1, -0.05) is 18.2 Å². The number of benzene rings is 1. The van der Waals surface area contributed by atoms with Crippen molar-refractivity contribution in [2.45, 2.75) is 30.5 Å². The molecule has 0 fully saturated rings. The Morgan fingerprint density at radius 2 is 2.19 bits per heavy atom. The van der Waals surface area contributed by atoms with Gasteiger partial charge in [-0.15, -0.1) is 23.1 Å². The molecule has 0 saturated carbocycles. The average Bonchev–Trinajstić information content (AvgIpc) is 3.29. The van der Waals surface area contributed by atoms with Crippen molar-refractivity contribution in [3.63, 3.8) is 0 Å². The maximum atomic E-state index is 12.6. The van der Waals surface area contributed by atoms with Crippen LogP contribution in [0.5, 0.6) is 0 Å².